The molecule has 1 atom stereocenters. The number of benzene rings is 2. The van der Waals surface area contributed by atoms with Crippen molar-refractivity contribution >= 4 is 23.4 Å². The van der Waals surface area contributed by atoms with Crippen LogP contribution in [-0.4, -0.2) is 41.1 Å². The molecule has 2 aromatic carbocycles. The Morgan fingerprint density at radius 2 is 1.38 bits per heavy atom. The highest BCUT2D eigenvalue weighted by Crippen LogP contribution is 2.06. The lowest BCUT2D eigenvalue weighted by molar-refractivity contribution is -0.129. The van der Waals surface area contributed by atoms with Crippen molar-refractivity contribution in [2.45, 2.75) is 12.5 Å². The Labute approximate surface area is 181 Å². The predicted octanol–water partition coefficient (Wildman–Crippen LogP) is 1.08. The molecule has 0 bridgehead atoms. The van der Waals surface area contributed by atoms with Crippen molar-refractivity contribution < 1.29 is 28.4 Å². The lowest BCUT2D eigenvalue weighted by atomic mass is 10.1. The smallest absolute Gasteiger partial charge is 0.278 e. The Kier molecular flexibility index (Phi) is 8.17. The summed E-state index contributed by atoms with van der Waals surface area (Å²) in [5, 5.41) is 17.8. The van der Waals surface area contributed by atoms with Crippen LogP contribution in [0.1, 0.15) is 31.8 Å². The minimum absolute atomic E-state index is 0.0222. The van der Waals surface area contributed by atoms with Crippen molar-refractivity contribution in [3.63, 3.8) is 0 Å². The molecular weight excluding hydrogens is 422 g/mol. The number of nitrogens with two attached hydrogens (primary N) is 1. The molecule has 2 rings (SSSR count). The number of hydrogen-bond acceptors (Lipinski definition) is 5. The molecule has 3 amide bonds. The SMILES string of the molecule is N=C(C(F)F)[C@H](NC(=O)c1ccc(C#CC#Cc2ccc(C(N)=O)cc2)cc1)C(=O)NO. The second kappa shape index (κ2) is 11.0. The second-order valence-corrected chi connectivity index (χ2v) is 6.16. The van der Waals surface area contributed by atoms with Gasteiger partial charge < -0.3 is 16.5 Å². The fourth-order valence-electron chi connectivity index (χ4n) is 2.32. The third kappa shape index (κ3) is 6.49. The van der Waals surface area contributed by atoms with Gasteiger partial charge in [-0.1, -0.05) is 11.8 Å². The van der Waals surface area contributed by atoms with E-state index in [1.807, 2.05) is 5.32 Å². The molecule has 6 N–H and O–H groups in total. The van der Waals surface area contributed by atoms with Gasteiger partial charge in [0, 0.05) is 22.3 Å². The molecule has 0 saturated heterocycles. The van der Waals surface area contributed by atoms with Crippen molar-refractivity contribution in [2.24, 2.45) is 5.73 Å². The van der Waals surface area contributed by atoms with Gasteiger partial charge in [0.15, 0.2) is 6.04 Å². The highest BCUT2D eigenvalue weighted by molar-refractivity contribution is 6.11. The number of halogens is 2. The molecule has 0 aliphatic carbocycles. The molecule has 0 saturated carbocycles. The Bertz CT molecular complexity index is 1150. The van der Waals surface area contributed by atoms with Gasteiger partial charge in [0.1, 0.15) is 5.71 Å². The molecule has 0 unspecified atom stereocenters. The topological polar surface area (TPSA) is 145 Å². The largest absolute Gasteiger partial charge is 0.366 e. The third-order valence-corrected chi connectivity index (χ3v) is 3.99. The Morgan fingerprint density at radius 3 is 1.78 bits per heavy atom. The number of amides is 3. The van der Waals surface area contributed by atoms with Crippen molar-refractivity contribution in [3.05, 3.63) is 70.8 Å². The van der Waals surface area contributed by atoms with Crippen LogP contribution in [0.3, 0.4) is 0 Å². The highest BCUT2D eigenvalue weighted by atomic mass is 19.3. The average Bonchev–Trinajstić information content (AvgIpc) is 2.79. The maximum atomic E-state index is 12.7. The number of carbonyl (C=O) groups excluding carboxylic acids is 3. The van der Waals surface area contributed by atoms with Crippen LogP contribution in [0.5, 0.6) is 0 Å². The van der Waals surface area contributed by atoms with E-state index in [-0.39, 0.29) is 5.56 Å². The van der Waals surface area contributed by atoms with Gasteiger partial charge in [0.05, 0.1) is 0 Å². The van der Waals surface area contributed by atoms with Crippen LogP contribution < -0.4 is 16.5 Å². The molecule has 0 fully saturated rings. The molecule has 0 heterocycles. The Morgan fingerprint density at radius 1 is 0.906 bits per heavy atom. The standard InChI is InChI=1S/C22H16F2N4O4/c23-19(24)17(25)18(22(31)28-32)27-21(30)16-11-7-14(8-12-16)4-2-1-3-13-5-9-15(10-6-13)20(26)29/h5-12,18-19,25,32H,(H2,26,29)(H,27,30)(H,28,31)/t18-/m0/s1. The fraction of sp³-hybridized carbons (Fsp3) is 0.0909. The number of rotatable bonds is 6. The van der Waals surface area contributed by atoms with Crippen LogP contribution in [0, 0.1) is 29.1 Å². The molecule has 2 aromatic rings. The zero-order chi connectivity index (χ0) is 23.7. The van der Waals surface area contributed by atoms with E-state index in [9.17, 15) is 23.2 Å². The van der Waals surface area contributed by atoms with Crippen molar-refractivity contribution in [3.8, 4) is 23.7 Å². The number of hydroxylamine groups is 1. The molecular formula is C22H16F2N4O4. The van der Waals surface area contributed by atoms with Gasteiger partial charge >= 0.3 is 0 Å². The lowest BCUT2D eigenvalue weighted by Gasteiger charge is -2.17. The molecule has 0 aliphatic heterocycles. The quantitative estimate of drug-likeness (QED) is 0.199. The minimum atomic E-state index is -3.29. The summed E-state index contributed by atoms with van der Waals surface area (Å²) in [4.78, 5) is 34.7. The Hall–Kier alpha value is -4.54. The third-order valence-electron chi connectivity index (χ3n) is 3.99. The van der Waals surface area contributed by atoms with Gasteiger partial charge in [-0.2, -0.15) is 0 Å². The van der Waals surface area contributed by atoms with E-state index in [4.69, 9.17) is 16.4 Å². The first kappa shape index (κ1) is 23.7. The van der Waals surface area contributed by atoms with E-state index in [1.165, 1.54) is 24.3 Å². The van der Waals surface area contributed by atoms with E-state index >= 15 is 0 Å². The van der Waals surface area contributed by atoms with Crippen LogP contribution in [0.15, 0.2) is 48.5 Å². The summed E-state index contributed by atoms with van der Waals surface area (Å²) in [6.07, 6.45) is -3.29. The van der Waals surface area contributed by atoms with Crippen LogP contribution in [0.2, 0.25) is 0 Å². The minimum Gasteiger partial charge on any atom is -0.366 e. The van der Waals surface area contributed by atoms with Gasteiger partial charge in [-0.3, -0.25) is 19.6 Å². The van der Waals surface area contributed by atoms with E-state index in [0.29, 0.717) is 16.7 Å². The van der Waals surface area contributed by atoms with Gasteiger partial charge in [-0.05, 0) is 60.4 Å². The molecule has 162 valence electrons. The summed E-state index contributed by atoms with van der Waals surface area (Å²) in [6.45, 7) is 0. The first-order valence-corrected chi connectivity index (χ1v) is 8.86. The molecule has 32 heavy (non-hydrogen) atoms. The van der Waals surface area contributed by atoms with Crippen LogP contribution in [0.4, 0.5) is 8.78 Å². The monoisotopic (exact) mass is 438 g/mol. The average molecular weight is 438 g/mol. The normalized spacial score (nSPS) is 10.6. The number of nitrogens with one attached hydrogen (secondary N) is 3. The summed E-state index contributed by atoms with van der Waals surface area (Å²) in [6, 6.07) is 9.95. The maximum absolute atomic E-state index is 12.7. The molecule has 10 heteroatoms. The molecule has 0 aromatic heterocycles. The number of carbonyl (C=O) groups is 3. The van der Waals surface area contributed by atoms with E-state index in [0.717, 1.165) is 5.48 Å². The zero-order valence-corrected chi connectivity index (χ0v) is 16.3. The summed E-state index contributed by atoms with van der Waals surface area (Å²) in [7, 11) is 0. The van der Waals surface area contributed by atoms with Crippen LogP contribution in [-0.2, 0) is 4.79 Å². The first-order chi connectivity index (χ1) is 15.2. The van der Waals surface area contributed by atoms with Gasteiger partial charge in [0.2, 0.25) is 5.91 Å². The van der Waals surface area contributed by atoms with Crippen molar-refractivity contribution in [2.75, 3.05) is 0 Å². The lowest BCUT2D eigenvalue weighted by Crippen LogP contribution is -2.52. The van der Waals surface area contributed by atoms with E-state index in [2.05, 4.69) is 23.7 Å². The number of hydrogen-bond donors (Lipinski definition) is 5. The van der Waals surface area contributed by atoms with E-state index < -0.39 is 35.9 Å². The van der Waals surface area contributed by atoms with Gasteiger partial charge in [-0.25, -0.2) is 14.3 Å². The summed E-state index contributed by atoms with van der Waals surface area (Å²) in [5.41, 5.74) is 6.45. The maximum Gasteiger partial charge on any atom is 0.278 e. The second-order valence-electron chi connectivity index (χ2n) is 6.16. The molecule has 0 aliphatic rings. The number of primary amides is 1. The summed E-state index contributed by atoms with van der Waals surface area (Å²) < 4.78 is 25.4. The molecule has 0 radical (unpaired) electrons. The van der Waals surface area contributed by atoms with Gasteiger partial charge in [0.25, 0.3) is 18.2 Å². The first-order valence-electron chi connectivity index (χ1n) is 8.86. The van der Waals surface area contributed by atoms with Crippen LogP contribution in [0.25, 0.3) is 0 Å². The van der Waals surface area contributed by atoms with Gasteiger partial charge in [-0.15, -0.1) is 0 Å². The van der Waals surface area contributed by atoms with Crippen molar-refractivity contribution in [1.29, 1.82) is 5.41 Å². The summed E-state index contributed by atoms with van der Waals surface area (Å²) in [5.74, 6) is 7.99. The van der Waals surface area contributed by atoms with Crippen LogP contribution >= 0.6 is 0 Å². The highest BCUT2D eigenvalue weighted by Gasteiger charge is 2.30. The molecule has 8 nitrogen and oxygen atoms in total. The molecule has 0 spiro atoms. The predicted molar refractivity (Wildman–Crippen MR) is 110 cm³/mol. The number of alkyl halides is 2. The fourth-order valence-corrected chi connectivity index (χ4v) is 2.32. The zero-order valence-electron chi connectivity index (χ0n) is 16.3. The Balaban J connectivity index is 2.06. The van der Waals surface area contributed by atoms with E-state index in [1.54, 1.807) is 24.3 Å². The van der Waals surface area contributed by atoms with Crippen molar-refractivity contribution in [1.82, 2.24) is 10.8 Å². The summed E-state index contributed by atoms with van der Waals surface area (Å²) >= 11 is 0.